The predicted octanol–water partition coefficient (Wildman–Crippen LogP) is 2.89. The first kappa shape index (κ1) is 16.2. The van der Waals surface area contributed by atoms with Crippen LogP contribution in [0, 0.1) is 0 Å². The van der Waals surface area contributed by atoms with Crippen molar-refractivity contribution in [2.75, 3.05) is 31.3 Å². The Morgan fingerprint density at radius 1 is 1.33 bits per heavy atom. The molecule has 1 aliphatic heterocycles. The molecule has 1 aliphatic rings. The molecule has 0 spiro atoms. The Kier molecular flexibility index (Phi) is 5.94. The maximum Gasteiger partial charge on any atom is 0.193 e. The molecule has 1 saturated heterocycles. The van der Waals surface area contributed by atoms with E-state index in [0.717, 1.165) is 44.7 Å². The van der Waals surface area contributed by atoms with Crippen LogP contribution in [-0.2, 0) is 11.2 Å². The molecule has 0 unspecified atom stereocenters. The van der Waals surface area contributed by atoms with Crippen molar-refractivity contribution in [1.29, 1.82) is 0 Å². The summed E-state index contributed by atoms with van der Waals surface area (Å²) in [5, 5.41) is 3.16. The summed E-state index contributed by atoms with van der Waals surface area (Å²) in [6, 6.07) is 8.30. The van der Waals surface area contributed by atoms with Crippen LogP contribution < -0.4 is 11.1 Å². The van der Waals surface area contributed by atoms with E-state index in [0.29, 0.717) is 5.96 Å². The zero-order valence-electron chi connectivity index (χ0n) is 12.9. The highest BCUT2D eigenvalue weighted by Gasteiger charge is 2.31. The average molecular weight is 307 g/mol. The van der Waals surface area contributed by atoms with E-state index in [-0.39, 0.29) is 4.75 Å². The van der Waals surface area contributed by atoms with Crippen LogP contribution in [0.5, 0.6) is 0 Å². The maximum atomic E-state index is 6.01. The standard InChI is InChI=1S/C16H25N3OS/c1-3-13-4-6-14(7-5-13)19-15(17)18-12-16(21-2)8-10-20-11-9-16/h4-7H,3,8-12H2,1-2H3,(H3,17,18,19). The van der Waals surface area contributed by atoms with Gasteiger partial charge in [-0.3, -0.25) is 4.99 Å². The third-order valence-corrected chi connectivity index (χ3v) is 5.41. The second kappa shape index (κ2) is 7.71. The fraction of sp³-hybridized carbons (Fsp3) is 0.562. The minimum Gasteiger partial charge on any atom is -0.381 e. The molecule has 5 heteroatoms. The molecule has 0 atom stereocenters. The van der Waals surface area contributed by atoms with E-state index >= 15 is 0 Å². The van der Waals surface area contributed by atoms with Crippen LogP contribution in [0.15, 0.2) is 29.3 Å². The normalized spacial score (nSPS) is 18.5. The number of nitrogens with zero attached hydrogens (tertiary/aromatic N) is 1. The zero-order valence-corrected chi connectivity index (χ0v) is 13.7. The third kappa shape index (κ3) is 4.64. The van der Waals surface area contributed by atoms with E-state index in [1.54, 1.807) is 0 Å². The highest BCUT2D eigenvalue weighted by atomic mass is 32.2. The number of hydrogen-bond donors (Lipinski definition) is 2. The second-order valence-electron chi connectivity index (χ2n) is 5.38. The molecule has 1 fully saturated rings. The number of thioether (sulfide) groups is 1. The van der Waals surface area contributed by atoms with Gasteiger partial charge in [-0.15, -0.1) is 0 Å². The molecule has 0 amide bonds. The fourth-order valence-electron chi connectivity index (χ4n) is 2.41. The van der Waals surface area contributed by atoms with Gasteiger partial charge in [0.1, 0.15) is 0 Å². The molecular weight excluding hydrogens is 282 g/mol. The largest absolute Gasteiger partial charge is 0.381 e. The number of rotatable bonds is 5. The summed E-state index contributed by atoms with van der Waals surface area (Å²) in [6.07, 6.45) is 5.27. The van der Waals surface area contributed by atoms with Gasteiger partial charge in [-0.05, 0) is 43.2 Å². The number of ether oxygens (including phenoxy) is 1. The van der Waals surface area contributed by atoms with E-state index in [1.165, 1.54) is 5.56 Å². The number of guanidine groups is 1. The Morgan fingerprint density at radius 2 is 2.00 bits per heavy atom. The van der Waals surface area contributed by atoms with Crippen molar-refractivity contribution in [2.24, 2.45) is 10.7 Å². The van der Waals surface area contributed by atoms with E-state index in [4.69, 9.17) is 10.5 Å². The summed E-state index contributed by atoms with van der Waals surface area (Å²) in [4.78, 5) is 4.54. The molecule has 21 heavy (non-hydrogen) atoms. The molecule has 1 heterocycles. The van der Waals surface area contributed by atoms with Crippen molar-refractivity contribution in [2.45, 2.75) is 30.9 Å². The Bertz CT molecular complexity index is 467. The van der Waals surface area contributed by atoms with Crippen molar-refractivity contribution < 1.29 is 4.74 Å². The number of anilines is 1. The van der Waals surface area contributed by atoms with E-state index in [2.05, 4.69) is 35.6 Å². The number of aryl methyl sites for hydroxylation is 1. The molecule has 3 N–H and O–H groups in total. The molecular formula is C16H25N3OS. The highest BCUT2D eigenvalue weighted by Crippen LogP contribution is 2.33. The van der Waals surface area contributed by atoms with Gasteiger partial charge in [0.05, 0.1) is 6.54 Å². The molecule has 0 aromatic heterocycles. The van der Waals surface area contributed by atoms with Gasteiger partial charge in [0.15, 0.2) is 5.96 Å². The van der Waals surface area contributed by atoms with Crippen LogP contribution in [0.4, 0.5) is 5.69 Å². The number of aliphatic imine (C=N–C) groups is 1. The quantitative estimate of drug-likeness (QED) is 0.649. The summed E-state index contributed by atoms with van der Waals surface area (Å²) < 4.78 is 5.62. The van der Waals surface area contributed by atoms with Gasteiger partial charge in [-0.1, -0.05) is 19.1 Å². The van der Waals surface area contributed by atoms with Gasteiger partial charge in [0.25, 0.3) is 0 Å². The molecule has 0 radical (unpaired) electrons. The fourth-order valence-corrected chi connectivity index (χ4v) is 3.18. The van der Waals surface area contributed by atoms with Crippen LogP contribution in [0.25, 0.3) is 0 Å². The second-order valence-corrected chi connectivity index (χ2v) is 6.65. The molecule has 2 rings (SSSR count). The first-order valence-electron chi connectivity index (χ1n) is 7.46. The van der Waals surface area contributed by atoms with Gasteiger partial charge >= 0.3 is 0 Å². The Morgan fingerprint density at radius 3 is 2.57 bits per heavy atom. The molecule has 1 aromatic rings. The molecule has 0 aliphatic carbocycles. The van der Waals surface area contributed by atoms with Gasteiger partial charge < -0.3 is 15.8 Å². The summed E-state index contributed by atoms with van der Waals surface area (Å²) in [7, 11) is 0. The number of benzene rings is 1. The van der Waals surface area contributed by atoms with Gasteiger partial charge in [-0.25, -0.2) is 0 Å². The first-order chi connectivity index (χ1) is 10.2. The van der Waals surface area contributed by atoms with Crippen molar-refractivity contribution in [3.8, 4) is 0 Å². The molecule has 1 aromatic carbocycles. The average Bonchev–Trinajstić information content (AvgIpc) is 2.54. The van der Waals surface area contributed by atoms with E-state index < -0.39 is 0 Å². The highest BCUT2D eigenvalue weighted by molar-refractivity contribution is 8.00. The first-order valence-corrected chi connectivity index (χ1v) is 8.69. The summed E-state index contributed by atoms with van der Waals surface area (Å²) in [5.74, 6) is 0.485. The van der Waals surface area contributed by atoms with Crippen molar-refractivity contribution in [3.63, 3.8) is 0 Å². The maximum absolute atomic E-state index is 6.01. The third-order valence-electron chi connectivity index (χ3n) is 4.01. The molecule has 0 saturated carbocycles. The lowest BCUT2D eigenvalue weighted by Crippen LogP contribution is -2.37. The van der Waals surface area contributed by atoms with Crippen LogP contribution in [0.2, 0.25) is 0 Å². The number of nitrogens with two attached hydrogens (primary N) is 1. The van der Waals surface area contributed by atoms with Crippen LogP contribution >= 0.6 is 11.8 Å². The molecule has 116 valence electrons. The summed E-state index contributed by atoms with van der Waals surface area (Å²) in [6.45, 7) is 4.53. The van der Waals surface area contributed by atoms with Crippen LogP contribution in [0.3, 0.4) is 0 Å². The number of nitrogens with one attached hydrogen (secondary N) is 1. The summed E-state index contributed by atoms with van der Waals surface area (Å²) >= 11 is 1.88. The molecule has 4 nitrogen and oxygen atoms in total. The minimum atomic E-state index is 0.177. The van der Waals surface area contributed by atoms with Crippen molar-refractivity contribution >= 4 is 23.4 Å². The topological polar surface area (TPSA) is 59.6 Å². The Hall–Kier alpha value is -1.20. The minimum absolute atomic E-state index is 0.177. The van der Waals surface area contributed by atoms with Crippen LogP contribution in [0.1, 0.15) is 25.3 Å². The Balaban J connectivity index is 1.93. The van der Waals surface area contributed by atoms with Crippen LogP contribution in [-0.4, -0.2) is 36.7 Å². The zero-order chi connectivity index (χ0) is 15.1. The molecule has 0 bridgehead atoms. The lowest BCUT2D eigenvalue weighted by Gasteiger charge is -2.34. The van der Waals surface area contributed by atoms with Crippen molar-refractivity contribution in [3.05, 3.63) is 29.8 Å². The number of hydrogen-bond acceptors (Lipinski definition) is 3. The van der Waals surface area contributed by atoms with E-state index in [1.807, 2.05) is 23.9 Å². The lowest BCUT2D eigenvalue weighted by atomic mass is 9.99. The van der Waals surface area contributed by atoms with Crippen molar-refractivity contribution in [1.82, 2.24) is 0 Å². The van der Waals surface area contributed by atoms with Gasteiger partial charge in [0, 0.05) is 23.6 Å². The monoisotopic (exact) mass is 307 g/mol. The Labute approximate surface area is 131 Å². The van der Waals surface area contributed by atoms with Gasteiger partial charge in [0.2, 0.25) is 0 Å². The van der Waals surface area contributed by atoms with E-state index in [9.17, 15) is 0 Å². The predicted molar refractivity (Wildman–Crippen MR) is 92.2 cm³/mol. The smallest absolute Gasteiger partial charge is 0.193 e. The van der Waals surface area contributed by atoms with Gasteiger partial charge in [-0.2, -0.15) is 11.8 Å². The summed E-state index contributed by atoms with van der Waals surface area (Å²) in [5.41, 5.74) is 8.31. The lowest BCUT2D eigenvalue weighted by molar-refractivity contribution is 0.0794. The SMILES string of the molecule is CCc1ccc(NC(N)=NCC2(SC)CCOCC2)cc1.